The van der Waals surface area contributed by atoms with Crippen LogP contribution in [0.15, 0.2) is 0 Å². The van der Waals surface area contributed by atoms with Crippen LogP contribution in [0.5, 0.6) is 0 Å². The Labute approximate surface area is 121 Å². The topological polar surface area (TPSA) is 69.6 Å². The highest BCUT2D eigenvalue weighted by Gasteiger charge is 2.20. The predicted molar refractivity (Wildman–Crippen MR) is 78.5 cm³/mol. The molecule has 1 heterocycles. The Bertz CT molecular complexity index is 310. The largest absolute Gasteiger partial charge is 0.481 e. The zero-order valence-electron chi connectivity index (χ0n) is 12.7. The van der Waals surface area contributed by atoms with Crippen molar-refractivity contribution < 1.29 is 14.7 Å². The van der Waals surface area contributed by atoms with Gasteiger partial charge in [0.2, 0.25) is 5.91 Å². The highest BCUT2D eigenvalue weighted by molar-refractivity contribution is 5.79. The molecule has 0 aromatic rings. The van der Waals surface area contributed by atoms with Gasteiger partial charge in [-0.05, 0) is 31.8 Å². The van der Waals surface area contributed by atoms with Crippen molar-refractivity contribution in [2.24, 2.45) is 5.92 Å². The van der Waals surface area contributed by atoms with Crippen molar-refractivity contribution in [3.8, 4) is 0 Å². The molecular weight excluding hydrogens is 256 g/mol. The van der Waals surface area contributed by atoms with Crippen molar-refractivity contribution in [1.29, 1.82) is 0 Å². The van der Waals surface area contributed by atoms with Crippen molar-refractivity contribution in [1.82, 2.24) is 10.2 Å². The normalized spacial score (nSPS) is 19.1. The molecular formula is C15H28N2O3. The summed E-state index contributed by atoms with van der Waals surface area (Å²) in [6, 6.07) is -0.283. The van der Waals surface area contributed by atoms with Crippen molar-refractivity contribution >= 4 is 11.9 Å². The zero-order valence-corrected chi connectivity index (χ0v) is 12.7. The number of carboxylic acid groups (broad SMARTS) is 1. The van der Waals surface area contributed by atoms with Gasteiger partial charge < -0.3 is 10.4 Å². The lowest BCUT2D eigenvalue weighted by Gasteiger charge is -2.26. The molecule has 1 aliphatic heterocycles. The average molecular weight is 284 g/mol. The maximum atomic E-state index is 12.1. The number of amides is 1. The van der Waals surface area contributed by atoms with Crippen LogP contribution in [0.4, 0.5) is 0 Å². The lowest BCUT2D eigenvalue weighted by atomic mass is 10.0. The standard InChI is InChI=1S/C15H28N2O3/c1-12(2)13(10-15(19)20)16-14(18)11-17-8-6-4-3-5-7-9-17/h12-13H,3-11H2,1-2H3,(H,16,18)(H,19,20). The van der Waals surface area contributed by atoms with E-state index >= 15 is 0 Å². The molecule has 0 saturated carbocycles. The van der Waals surface area contributed by atoms with E-state index in [-0.39, 0.29) is 24.3 Å². The summed E-state index contributed by atoms with van der Waals surface area (Å²) in [6.07, 6.45) is 6.07. The molecule has 1 rings (SSSR count). The fourth-order valence-electron chi connectivity index (χ4n) is 2.57. The van der Waals surface area contributed by atoms with Gasteiger partial charge in [0.15, 0.2) is 0 Å². The van der Waals surface area contributed by atoms with E-state index in [2.05, 4.69) is 10.2 Å². The molecule has 1 fully saturated rings. The Morgan fingerprint density at radius 1 is 1.10 bits per heavy atom. The summed E-state index contributed by atoms with van der Waals surface area (Å²) in [5.74, 6) is -0.789. The monoisotopic (exact) mass is 284 g/mol. The summed E-state index contributed by atoms with van der Waals surface area (Å²) < 4.78 is 0. The number of aliphatic carboxylic acids is 1. The number of hydrogen-bond donors (Lipinski definition) is 2. The molecule has 1 atom stereocenters. The van der Waals surface area contributed by atoms with E-state index in [0.29, 0.717) is 6.54 Å². The van der Waals surface area contributed by atoms with Gasteiger partial charge in [-0.1, -0.05) is 33.1 Å². The molecule has 0 bridgehead atoms. The maximum Gasteiger partial charge on any atom is 0.305 e. The second-order valence-electron chi connectivity index (χ2n) is 6.06. The zero-order chi connectivity index (χ0) is 15.0. The van der Waals surface area contributed by atoms with Crippen molar-refractivity contribution in [2.75, 3.05) is 19.6 Å². The van der Waals surface area contributed by atoms with Gasteiger partial charge in [0.05, 0.1) is 13.0 Å². The fraction of sp³-hybridized carbons (Fsp3) is 0.867. The number of carboxylic acids is 1. The van der Waals surface area contributed by atoms with E-state index in [4.69, 9.17) is 5.11 Å². The van der Waals surface area contributed by atoms with Crippen LogP contribution in [0.25, 0.3) is 0 Å². The quantitative estimate of drug-likeness (QED) is 0.781. The van der Waals surface area contributed by atoms with E-state index in [0.717, 1.165) is 25.9 Å². The van der Waals surface area contributed by atoms with E-state index in [9.17, 15) is 9.59 Å². The van der Waals surface area contributed by atoms with Gasteiger partial charge in [0, 0.05) is 6.04 Å². The molecule has 116 valence electrons. The van der Waals surface area contributed by atoms with Crippen LogP contribution in [0.1, 0.15) is 52.4 Å². The van der Waals surface area contributed by atoms with Crippen LogP contribution in [-0.4, -0.2) is 47.6 Å². The van der Waals surface area contributed by atoms with Crippen LogP contribution in [0.2, 0.25) is 0 Å². The first kappa shape index (κ1) is 17.0. The van der Waals surface area contributed by atoms with Gasteiger partial charge in [0.25, 0.3) is 0 Å². The number of carbonyl (C=O) groups is 2. The van der Waals surface area contributed by atoms with Gasteiger partial charge in [-0.3, -0.25) is 14.5 Å². The van der Waals surface area contributed by atoms with Gasteiger partial charge in [-0.2, -0.15) is 0 Å². The molecule has 2 N–H and O–H groups in total. The van der Waals surface area contributed by atoms with Gasteiger partial charge in [-0.25, -0.2) is 0 Å². The lowest BCUT2D eigenvalue weighted by molar-refractivity contribution is -0.138. The fourth-order valence-corrected chi connectivity index (χ4v) is 2.57. The summed E-state index contributed by atoms with van der Waals surface area (Å²) >= 11 is 0. The Hall–Kier alpha value is -1.10. The molecule has 0 aromatic heterocycles. The van der Waals surface area contributed by atoms with Crippen LogP contribution in [-0.2, 0) is 9.59 Å². The van der Waals surface area contributed by atoms with Gasteiger partial charge in [-0.15, -0.1) is 0 Å². The minimum absolute atomic E-state index is 0.0105. The Morgan fingerprint density at radius 2 is 1.65 bits per heavy atom. The molecule has 1 saturated heterocycles. The number of nitrogens with zero attached hydrogens (tertiary/aromatic N) is 1. The number of nitrogens with one attached hydrogen (secondary N) is 1. The smallest absolute Gasteiger partial charge is 0.305 e. The number of carbonyl (C=O) groups excluding carboxylic acids is 1. The molecule has 5 heteroatoms. The molecule has 1 unspecified atom stereocenters. The van der Waals surface area contributed by atoms with Crippen molar-refractivity contribution in [3.63, 3.8) is 0 Å². The minimum atomic E-state index is -0.865. The third-order valence-electron chi connectivity index (χ3n) is 3.86. The maximum absolute atomic E-state index is 12.1. The van der Waals surface area contributed by atoms with Gasteiger partial charge in [0.1, 0.15) is 0 Å². The predicted octanol–water partition coefficient (Wildman–Crippen LogP) is 1.87. The SMILES string of the molecule is CC(C)C(CC(=O)O)NC(=O)CN1CCCCCCC1. The first-order chi connectivity index (χ1) is 9.49. The van der Waals surface area contributed by atoms with Crippen LogP contribution >= 0.6 is 0 Å². The molecule has 0 radical (unpaired) electrons. The second-order valence-corrected chi connectivity index (χ2v) is 6.06. The molecule has 0 aromatic carbocycles. The summed E-state index contributed by atoms with van der Waals surface area (Å²) in [4.78, 5) is 25.1. The van der Waals surface area contributed by atoms with E-state index in [1.807, 2.05) is 13.8 Å². The van der Waals surface area contributed by atoms with Gasteiger partial charge >= 0.3 is 5.97 Å². The molecule has 20 heavy (non-hydrogen) atoms. The Kier molecular flexibility index (Phi) is 7.59. The number of rotatable bonds is 6. The van der Waals surface area contributed by atoms with E-state index < -0.39 is 5.97 Å². The summed E-state index contributed by atoms with van der Waals surface area (Å²) in [6.45, 7) is 6.20. The van der Waals surface area contributed by atoms with Crippen LogP contribution in [0.3, 0.4) is 0 Å². The molecule has 5 nitrogen and oxygen atoms in total. The molecule has 1 amide bonds. The second kappa shape index (κ2) is 8.95. The highest BCUT2D eigenvalue weighted by Crippen LogP contribution is 2.10. The summed E-state index contributed by atoms with van der Waals surface area (Å²) in [5, 5.41) is 11.7. The summed E-state index contributed by atoms with van der Waals surface area (Å²) in [7, 11) is 0. The highest BCUT2D eigenvalue weighted by atomic mass is 16.4. The molecule has 0 spiro atoms. The molecule has 1 aliphatic rings. The minimum Gasteiger partial charge on any atom is -0.481 e. The van der Waals surface area contributed by atoms with E-state index in [1.54, 1.807) is 0 Å². The summed E-state index contributed by atoms with van der Waals surface area (Å²) in [5.41, 5.74) is 0. The molecule has 0 aliphatic carbocycles. The third-order valence-corrected chi connectivity index (χ3v) is 3.86. The Balaban J connectivity index is 2.41. The van der Waals surface area contributed by atoms with Crippen LogP contribution in [0, 0.1) is 5.92 Å². The number of likely N-dealkylation sites (tertiary alicyclic amines) is 1. The average Bonchev–Trinajstić information content (AvgIpc) is 2.31. The third kappa shape index (κ3) is 6.89. The first-order valence-electron chi connectivity index (χ1n) is 7.72. The van der Waals surface area contributed by atoms with E-state index in [1.165, 1.54) is 19.3 Å². The lowest BCUT2D eigenvalue weighted by Crippen LogP contribution is -2.45. The van der Waals surface area contributed by atoms with Crippen LogP contribution < -0.4 is 5.32 Å². The first-order valence-corrected chi connectivity index (χ1v) is 7.72. The van der Waals surface area contributed by atoms with Crippen molar-refractivity contribution in [2.45, 2.75) is 58.4 Å². The van der Waals surface area contributed by atoms with Crippen molar-refractivity contribution in [3.05, 3.63) is 0 Å². The Morgan fingerprint density at radius 3 is 2.15 bits per heavy atom. The number of hydrogen-bond acceptors (Lipinski definition) is 3.